The normalized spacial score (nSPS) is 12.8. The molecule has 0 aliphatic rings. The zero-order valence-corrected chi connectivity index (χ0v) is 10.4. The Kier molecular flexibility index (Phi) is 5.05. The molecule has 0 saturated heterocycles. The average molecular weight is 222 g/mol. The first-order valence-electron chi connectivity index (χ1n) is 5.79. The van der Waals surface area contributed by atoms with Crippen LogP contribution in [-0.2, 0) is 0 Å². The summed E-state index contributed by atoms with van der Waals surface area (Å²) in [5, 5.41) is 3.32. The van der Waals surface area contributed by atoms with Crippen molar-refractivity contribution in [3.05, 3.63) is 18.3 Å². The Morgan fingerprint density at radius 2 is 2.25 bits per heavy atom. The average Bonchev–Trinajstić information content (AvgIpc) is 2.30. The van der Waals surface area contributed by atoms with Crippen LogP contribution in [0.3, 0.4) is 0 Å². The molecule has 4 heteroatoms. The lowest BCUT2D eigenvalue weighted by molar-refractivity contribution is 0.261. The molecule has 0 aliphatic carbocycles. The van der Waals surface area contributed by atoms with E-state index in [2.05, 4.69) is 36.1 Å². The van der Waals surface area contributed by atoms with Crippen molar-refractivity contribution in [3.63, 3.8) is 0 Å². The van der Waals surface area contributed by atoms with Gasteiger partial charge in [-0.3, -0.25) is 0 Å². The molecule has 1 aromatic rings. The van der Waals surface area contributed by atoms with Gasteiger partial charge in [-0.05, 0) is 32.5 Å². The van der Waals surface area contributed by atoms with Crippen LogP contribution < -0.4 is 11.1 Å². The van der Waals surface area contributed by atoms with Crippen LogP contribution in [0.4, 0.5) is 11.5 Å². The van der Waals surface area contributed by atoms with Crippen LogP contribution in [0.1, 0.15) is 20.3 Å². The maximum atomic E-state index is 5.51. The molecular weight excluding hydrogens is 200 g/mol. The number of nitrogens with two attached hydrogens (primary N) is 1. The van der Waals surface area contributed by atoms with Crippen molar-refractivity contribution in [3.8, 4) is 0 Å². The summed E-state index contributed by atoms with van der Waals surface area (Å²) < 4.78 is 0. The first-order chi connectivity index (χ1) is 7.63. The van der Waals surface area contributed by atoms with Gasteiger partial charge < -0.3 is 16.0 Å². The Morgan fingerprint density at radius 3 is 2.81 bits per heavy atom. The Morgan fingerprint density at radius 1 is 1.50 bits per heavy atom. The fraction of sp³-hybridized carbons (Fsp3) is 0.583. The summed E-state index contributed by atoms with van der Waals surface area (Å²) in [6.07, 6.45) is 2.94. The molecule has 1 aromatic heterocycles. The van der Waals surface area contributed by atoms with Crippen LogP contribution in [0, 0.1) is 0 Å². The molecule has 0 saturated carbocycles. The molecule has 1 heterocycles. The zero-order valence-electron chi connectivity index (χ0n) is 10.4. The van der Waals surface area contributed by atoms with Gasteiger partial charge in [0.2, 0.25) is 0 Å². The van der Waals surface area contributed by atoms with Gasteiger partial charge in [0.1, 0.15) is 5.82 Å². The van der Waals surface area contributed by atoms with Crippen LogP contribution >= 0.6 is 0 Å². The summed E-state index contributed by atoms with van der Waals surface area (Å²) in [7, 11) is 2.15. The topological polar surface area (TPSA) is 54.2 Å². The molecule has 0 fully saturated rings. The van der Waals surface area contributed by atoms with Gasteiger partial charge in [-0.1, -0.05) is 6.92 Å². The minimum absolute atomic E-state index is 0.558. The zero-order chi connectivity index (χ0) is 12.0. The monoisotopic (exact) mass is 222 g/mol. The molecular formula is C12H22N4. The van der Waals surface area contributed by atoms with Gasteiger partial charge in [0, 0.05) is 19.1 Å². The first-order valence-corrected chi connectivity index (χ1v) is 5.79. The number of nitrogens with zero attached hydrogens (tertiary/aromatic N) is 2. The van der Waals surface area contributed by atoms with E-state index in [9.17, 15) is 0 Å². The second kappa shape index (κ2) is 6.33. The predicted molar refractivity (Wildman–Crippen MR) is 69.5 cm³/mol. The van der Waals surface area contributed by atoms with Gasteiger partial charge in [-0.15, -0.1) is 0 Å². The van der Waals surface area contributed by atoms with Crippen molar-refractivity contribution in [2.75, 3.05) is 31.2 Å². The van der Waals surface area contributed by atoms with E-state index in [1.807, 2.05) is 6.07 Å². The molecule has 0 amide bonds. The third kappa shape index (κ3) is 4.06. The standard InChI is InChI=1S/C12H22N4/c1-4-10(2)16(3)8-7-14-11-5-6-12(13)15-9-11/h5-6,9-10,14H,4,7-8H2,1-3H3,(H2,13,15). The van der Waals surface area contributed by atoms with Crippen LogP contribution in [0.15, 0.2) is 18.3 Å². The van der Waals surface area contributed by atoms with E-state index in [1.165, 1.54) is 6.42 Å². The number of nitrogen functional groups attached to an aromatic ring is 1. The lowest BCUT2D eigenvalue weighted by atomic mass is 10.2. The van der Waals surface area contributed by atoms with E-state index in [-0.39, 0.29) is 0 Å². The quantitative estimate of drug-likeness (QED) is 0.770. The van der Waals surface area contributed by atoms with Crippen molar-refractivity contribution in [1.82, 2.24) is 9.88 Å². The molecule has 0 aliphatic heterocycles. The van der Waals surface area contributed by atoms with Crippen LogP contribution in [0.5, 0.6) is 0 Å². The molecule has 1 unspecified atom stereocenters. The largest absolute Gasteiger partial charge is 0.384 e. The highest BCUT2D eigenvalue weighted by atomic mass is 15.1. The SMILES string of the molecule is CCC(C)N(C)CCNc1ccc(N)nc1. The number of hydrogen-bond donors (Lipinski definition) is 2. The molecule has 4 nitrogen and oxygen atoms in total. The number of anilines is 2. The third-order valence-electron chi connectivity index (χ3n) is 2.92. The molecule has 16 heavy (non-hydrogen) atoms. The summed E-state index contributed by atoms with van der Waals surface area (Å²) >= 11 is 0. The van der Waals surface area contributed by atoms with Crippen LogP contribution in [-0.4, -0.2) is 36.1 Å². The second-order valence-corrected chi connectivity index (χ2v) is 4.14. The van der Waals surface area contributed by atoms with Gasteiger partial charge in [0.05, 0.1) is 11.9 Å². The van der Waals surface area contributed by atoms with Gasteiger partial charge in [-0.25, -0.2) is 4.98 Å². The highest BCUT2D eigenvalue weighted by Gasteiger charge is 2.05. The number of nitrogens with one attached hydrogen (secondary N) is 1. The summed E-state index contributed by atoms with van der Waals surface area (Å²) in [6.45, 7) is 6.40. The fourth-order valence-electron chi connectivity index (χ4n) is 1.42. The number of rotatable bonds is 6. The van der Waals surface area contributed by atoms with E-state index < -0.39 is 0 Å². The van der Waals surface area contributed by atoms with Gasteiger partial charge in [0.25, 0.3) is 0 Å². The minimum Gasteiger partial charge on any atom is -0.384 e. The Balaban J connectivity index is 2.27. The lowest BCUT2D eigenvalue weighted by Gasteiger charge is -2.23. The summed E-state index contributed by atoms with van der Waals surface area (Å²) in [6, 6.07) is 4.39. The van der Waals surface area contributed by atoms with Crippen molar-refractivity contribution in [1.29, 1.82) is 0 Å². The fourth-order valence-corrected chi connectivity index (χ4v) is 1.42. The molecule has 0 aromatic carbocycles. The Bertz CT molecular complexity index is 296. The Hall–Kier alpha value is -1.29. The van der Waals surface area contributed by atoms with Gasteiger partial charge in [0.15, 0.2) is 0 Å². The number of aromatic nitrogens is 1. The van der Waals surface area contributed by atoms with E-state index in [0.717, 1.165) is 18.8 Å². The van der Waals surface area contributed by atoms with E-state index in [0.29, 0.717) is 11.9 Å². The van der Waals surface area contributed by atoms with Crippen molar-refractivity contribution in [2.24, 2.45) is 0 Å². The van der Waals surface area contributed by atoms with Gasteiger partial charge >= 0.3 is 0 Å². The molecule has 1 atom stereocenters. The van der Waals surface area contributed by atoms with E-state index in [4.69, 9.17) is 5.73 Å². The minimum atomic E-state index is 0.558. The lowest BCUT2D eigenvalue weighted by Crippen LogP contribution is -2.32. The maximum absolute atomic E-state index is 5.51. The highest BCUT2D eigenvalue weighted by molar-refractivity contribution is 5.45. The summed E-state index contributed by atoms with van der Waals surface area (Å²) in [5.74, 6) is 0.558. The molecule has 0 radical (unpaired) electrons. The molecule has 3 N–H and O–H groups in total. The predicted octanol–water partition coefficient (Wildman–Crippen LogP) is 1.81. The maximum Gasteiger partial charge on any atom is 0.123 e. The van der Waals surface area contributed by atoms with Crippen molar-refractivity contribution >= 4 is 11.5 Å². The molecule has 1 rings (SSSR count). The first kappa shape index (κ1) is 12.8. The number of pyridine rings is 1. The Labute approximate surface area is 97.9 Å². The van der Waals surface area contributed by atoms with Crippen molar-refractivity contribution < 1.29 is 0 Å². The van der Waals surface area contributed by atoms with Crippen molar-refractivity contribution in [2.45, 2.75) is 26.3 Å². The molecule has 0 spiro atoms. The number of hydrogen-bond acceptors (Lipinski definition) is 4. The third-order valence-corrected chi connectivity index (χ3v) is 2.92. The highest BCUT2D eigenvalue weighted by Crippen LogP contribution is 2.06. The second-order valence-electron chi connectivity index (χ2n) is 4.14. The molecule has 0 bridgehead atoms. The summed E-state index contributed by atoms with van der Waals surface area (Å²) in [5.41, 5.74) is 6.53. The smallest absolute Gasteiger partial charge is 0.123 e. The summed E-state index contributed by atoms with van der Waals surface area (Å²) in [4.78, 5) is 6.37. The van der Waals surface area contributed by atoms with Crippen LogP contribution in [0.2, 0.25) is 0 Å². The molecule has 90 valence electrons. The van der Waals surface area contributed by atoms with E-state index in [1.54, 1.807) is 12.3 Å². The van der Waals surface area contributed by atoms with Crippen LogP contribution in [0.25, 0.3) is 0 Å². The van der Waals surface area contributed by atoms with E-state index >= 15 is 0 Å². The number of likely N-dealkylation sites (N-methyl/N-ethyl adjacent to an activating group) is 1. The van der Waals surface area contributed by atoms with Gasteiger partial charge in [-0.2, -0.15) is 0 Å².